The summed E-state index contributed by atoms with van der Waals surface area (Å²) in [5.41, 5.74) is 5.40. The molecular weight excluding hydrogens is 244 g/mol. The lowest BCUT2D eigenvalue weighted by molar-refractivity contribution is -0.133. The van der Waals surface area contributed by atoms with E-state index in [0.717, 1.165) is 0 Å². The first kappa shape index (κ1) is 15.4. The van der Waals surface area contributed by atoms with Crippen molar-refractivity contribution >= 4 is 29.7 Å². The molecule has 2 N–H and O–H groups in total. The molecule has 5 heteroatoms. The number of rotatable bonds is 5. The van der Waals surface area contributed by atoms with Crippen molar-refractivity contribution < 1.29 is 4.79 Å². The minimum Gasteiger partial charge on any atom is -0.335 e. The number of halogens is 1. The van der Waals surface area contributed by atoms with Crippen LogP contribution in [0.3, 0.4) is 0 Å². The topological polar surface area (TPSA) is 46.3 Å². The molecule has 16 heavy (non-hydrogen) atoms. The lowest BCUT2D eigenvalue weighted by Crippen LogP contribution is -2.37. The highest BCUT2D eigenvalue weighted by molar-refractivity contribution is 7.09. The zero-order valence-electron chi connectivity index (χ0n) is 9.68. The van der Waals surface area contributed by atoms with Gasteiger partial charge in [-0.05, 0) is 25.3 Å². The Bertz CT molecular complexity index is 301. The molecular formula is C11H19ClN2OS. The Labute approximate surface area is 107 Å². The van der Waals surface area contributed by atoms with Crippen LogP contribution in [0.1, 0.15) is 25.1 Å². The summed E-state index contributed by atoms with van der Waals surface area (Å²) < 4.78 is 0. The molecule has 0 aliphatic carbocycles. The highest BCUT2D eigenvalue weighted by Crippen LogP contribution is 2.14. The molecule has 3 nitrogen and oxygen atoms in total. The van der Waals surface area contributed by atoms with E-state index in [1.165, 1.54) is 4.88 Å². The van der Waals surface area contributed by atoms with E-state index in [2.05, 4.69) is 6.07 Å². The molecule has 92 valence electrons. The van der Waals surface area contributed by atoms with Gasteiger partial charge in [0.1, 0.15) is 0 Å². The van der Waals surface area contributed by atoms with Crippen LogP contribution in [0, 0.1) is 0 Å². The number of carbonyl (C=O) groups is 1. The second-order valence-electron chi connectivity index (χ2n) is 3.73. The molecule has 1 aromatic heterocycles. The number of nitrogens with two attached hydrogens (primary N) is 1. The van der Waals surface area contributed by atoms with Gasteiger partial charge in [-0.2, -0.15) is 0 Å². The van der Waals surface area contributed by atoms with Crippen molar-refractivity contribution in [2.75, 3.05) is 6.54 Å². The Balaban J connectivity index is 0.00000225. The fourth-order valence-corrected chi connectivity index (χ4v) is 2.10. The van der Waals surface area contributed by atoms with Gasteiger partial charge < -0.3 is 10.6 Å². The third kappa shape index (κ3) is 4.51. The highest BCUT2D eigenvalue weighted by atomic mass is 35.5. The van der Waals surface area contributed by atoms with Crippen LogP contribution < -0.4 is 5.73 Å². The molecule has 0 bridgehead atoms. The van der Waals surface area contributed by atoms with E-state index in [1.807, 2.05) is 30.2 Å². The molecule has 0 aliphatic rings. The second-order valence-corrected chi connectivity index (χ2v) is 4.77. The van der Waals surface area contributed by atoms with Crippen molar-refractivity contribution in [2.45, 2.75) is 32.9 Å². The normalized spacial score (nSPS) is 10.0. The number of amides is 1. The Kier molecular flexibility index (Phi) is 7.38. The first-order valence-electron chi connectivity index (χ1n) is 5.17. The van der Waals surface area contributed by atoms with Crippen molar-refractivity contribution in [3.8, 4) is 0 Å². The SMILES string of the molecule is CC(C)N(Cc1cccs1)C(=O)CCN.Cl. The smallest absolute Gasteiger partial charge is 0.224 e. The average molecular weight is 263 g/mol. The minimum atomic E-state index is 0. The van der Waals surface area contributed by atoms with Gasteiger partial charge in [0.05, 0.1) is 6.54 Å². The number of carbonyl (C=O) groups excluding carboxylic acids is 1. The van der Waals surface area contributed by atoms with Gasteiger partial charge in [0.25, 0.3) is 0 Å². The van der Waals surface area contributed by atoms with Gasteiger partial charge in [0.2, 0.25) is 5.91 Å². The molecule has 0 saturated carbocycles. The van der Waals surface area contributed by atoms with Crippen LogP contribution in [-0.2, 0) is 11.3 Å². The van der Waals surface area contributed by atoms with E-state index >= 15 is 0 Å². The molecule has 0 aliphatic heterocycles. The summed E-state index contributed by atoms with van der Waals surface area (Å²) in [6, 6.07) is 4.29. The quantitative estimate of drug-likeness (QED) is 0.885. The Morgan fingerprint density at radius 1 is 1.56 bits per heavy atom. The first-order chi connectivity index (χ1) is 7.15. The van der Waals surface area contributed by atoms with E-state index < -0.39 is 0 Å². The third-order valence-corrected chi connectivity index (χ3v) is 3.07. The van der Waals surface area contributed by atoms with Gasteiger partial charge in [0, 0.05) is 23.9 Å². The van der Waals surface area contributed by atoms with Gasteiger partial charge >= 0.3 is 0 Å². The molecule has 0 atom stereocenters. The van der Waals surface area contributed by atoms with Crippen molar-refractivity contribution in [1.29, 1.82) is 0 Å². The monoisotopic (exact) mass is 262 g/mol. The van der Waals surface area contributed by atoms with Gasteiger partial charge in [-0.25, -0.2) is 0 Å². The zero-order chi connectivity index (χ0) is 11.3. The largest absolute Gasteiger partial charge is 0.335 e. The van der Waals surface area contributed by atoms with Crippen molar-refractivity contribution in [1.82, 2.24) is 4.90 Å². The predicted octanol–water partition coefficient (Wildman–Crippen LogP) is 2.26. The molecule has 0 spiro atoms. The zero-order valence-corrected chi connectivity index (χ0v) is 11.3. The van der Waals surface area contributed by atoms with E-state index in [1.54, 1.807) is 11.3 Å². The number of hydrogen-bond acceptors (Lipinski definition) is 3. The van der Waals surface area contributed by atoms with E-state index in [0.29, 0.717) is 19.5 Å². The summed E-state index contributed by atoms with van der Waals surface area (Å²) >= 11 is 1.68. The van der Waals surface area contributed by atoms with Crippen LogP contribution in [0.25, 0.3) is 0 Å². The molecule has 1 heterocycles. The summed E-state index contributed by atoms with van der Waals surface area (Å²) in [5, 5.41) is 2.03. The Hall–Kier alpha value is -0.580. The lowest BCUT2D eigenvalue weighted by Gasteiger charge is -2.26. The standard InChI is InChI=1S/C11H18N2OS.ClH/c1-9(2)13(11(14)5-6-12)8-10-4-3-7-15-10;/h3-4,7,9H,5-6,8,12H2,1-2H3;1H. The summed E-state index contributed by atoms with van der Waals surface area (Å²) in [7, 11) is 0. The molecule has 0 radical (unpaired) electrons. The summed E-state index contributed by atoms with van der Waals surface area (Å²) in [4.78, 5) is 14.9. The van der Waals surface area contributed by atoms with Crippen LogP contribution in [0.5, 0.6) is 0 Å². The maximum Gasteiger partial charge on any atom is 0.224 e. The van der Waals surface area contributed by atoms with Crippen LogP contribution >= 0.6 is 23.7 Å². The number of hydrogen-bond donors (Lipinski definition) is 1. The molecule has 0 fully saturated rings. The van der Waals surface area contributed by atoms with Crippen LogP contribution in [0.2, 0.25) is 0 Å². The van der Waals surface area contributed by atoms with Crippen LogP contribution in [-0.4, -0.2) is 23.4 Å². The average Bonchev–Trinajstić information content (AvgIpc) is 2.66. The molecule has 0 aromatic carbocycles. The van der Waals surface area contributed by atoms with Crippen LogP contribution in [0.4, 0.5) is 0 Å². The lowest BCUT2D eigenvalue weighted by atomic mass is 10.2. The van der Waals surface area contributed by atoms with E-state index in [4.69, 9.17) is 5.73 Å². The number of nitrogens with zero attached hydrogens (tertiary/aromatic N) is 1. The molecule has 1 rings (SSSR count). The van der Waals surface area contributed by atoms with Gasteiger partial charge in [-0.1, -0.05) is 6.07 Å². The number of thiophene rings is 1. The maximum absolute atomic E-state index is 11.8. The van der Waals surface area contributed by atoms with Crippen molar-refractivity contribution in [3.63, 3.8) is 0 Å². The summed E-state index contributed by atoms with van der Waals surface area (Å²) in [5.74, 6) is 0.140. The Morgan fingerprint density at radius 3 is 2.69 bits per heavy atom. The van der Waals surface area contributed by atoms with Crippen molar-refractivity contribution in [2.24, 2.45) is 5.73 Å². The third-order valence-electron chi connectivity index (χ3n) is 2.21. The van der Waals surface area contributed by atoms with Gasteiger partial charge in [0.15, 0.2) is 0 Å². The molecule has 0 unspecified atom stereocenters. The summed E-state index contributed by atoms with van der Waals surface area (Å²) in [6.45, 7) is 5.19. The fraction of sp³-hybridized carbons (Fsp3) is 0.545. The molecule has 1 amide bonds. The van der Waals surface area contributed by atoms with Gasteiger partial charge in [-0.3, -0.25) is 4.79 Å². The van der Waals surface area contributed by atoms with E-state index in [9.17, 15) is 4.79 Å². The van der Waals surface area contributed by atoms with E-state index in [-0.39, 0.29) is 24.4 Å². The summed E-state index contributed by atoms with van der Waals surface area (Å²) in [6.07, 6.45) is 0.434. The maximum atomic E-state index is 11.8. The molecule has 0 saturated heterocycles. The first-order valence-corrected chi connectivity index (χ1v) is 6.05. The second kappa shape index (κ2) is 7.65. The Morgan fingerprint density at radius 2 is 2.25 bits per heavy atom. The fourth-order valence-electron chi connectivity index (χ4n) is 1.40. The highest BCUT2D eigenvalue weighted by Gasteiger charge is 2.16. The van der Waals surface area contributed by atoms with Crippen LogP contribution in [0.15, 0.2) is 17.5 Å². The van der Waals surface area contributed by atoms with Crippen molar-refractivity contribution in [3.05, 3.63) is 22.4 Å². The molecule has 1 aromatic rings. The minimum absolute atomic E-state index is 0. The predicted molar refractivity (Wildman–Crippen MR) is 70.9 cm³/mol. The van der Waals surface area contributed by atoms with Gasteiger partial charge in [-0.15, -0.1) is 23.7 Å².